The van der Waals surface area contributed by atoms with Crippen molar-refractivity contribution in [1.82, 2.24) is 10.3 Å². The number of carbonyl (C=O) groups excluding carboxylic acids is 1. The van der Waals surface area contributed by atoms with E-state index in [1.165, 1.54) is 25.7 Å². The fourth-order valence-electron chi connectivity index (χ4n) is 7.67. The highest BCUT2D eigenvalue weighted by molar-refractivity contribution is 7.80. The minimum absolute atomic E-state index is 0.230. The number of thiocarbonyl (C=S) groups is 1. The molecule has 2 heterocycles. The Labute approximate surface area is 179 Å². The first-order valence-corrected chi connectivity index (χ1v) is 11.7. The van der Waals surface area contributed by atoms with Crippen molar-refractivity contribution >= 4 is 23.2 Å². The molecule has 1 amide bonds. The quantitative estimate of drug-likeness (QED) is 0.700. The van der Waals surface area contributed by atoms with Gasteiger partial charge in [-0.15, -0.1) is 0 Å². The first kappa shape index (κ1) is 19.5. The first-order chi connectivity index (χ1) is 13.9. The second kappa shape index (κ2) is 7.04. The number of nitrogens with zero attached hydrogens (tertiary/aromatic N) is 1. The molecule has 1 aromatic rings. The van der Waals surface area contributed by atoms with Crippen molar-refractivity contribution in [2.24, 2.45) is 34.5 Å². The van der Waals surface area contributed by atoms with Crippen LogP contribution in [-0.2, 0) is 4.79 Å². The molecule has 3 saturated carbocycles. The van der Waals surface area contributed by atoms with Gasteiger partial charge in [-0.05, 0) is 91.8 Å². The smallest absolute Gasteiger partial charge is 0.220 e. The summed E-state index contributed by atoms with van der Waals surface area (Å²) >= 11 is 5.80. The van der Waals surface area contributed by atoms with Crippen molar-refractivity contribution in [3.8, 4) is 5.88 Å². The molecule has 156 valence electrons. The minimum atomic E-state index is 0.230. The van der Waals surface area contributed by atoms with E-state index in [2.05, 4.69) is 24.1 Å². The second-order valence-corrected chi connectivity index (χ2v) is 10.7. The van der Waals surface area contributed by atoms with E-state index in [0.717, 1.165) is 36.1 Å². The standard InChI is InChI=1S/C24H32N2O2S/c1-23-12-10-17-15(6-9-19-24(17,2)13-11-20(27)26-19)16(23)7-8-18(23)22(29)28-21-5-3-4-14-25-21/h3-5,14-19H,6-13H2,1-2H3,(H,26,27)/t15-,16-,17-,18+,19+,23-,24+/m0/s1. The van der Waals surface area contributed by atoms with Gasteiger partial charge in [0.25, 0.3) is 0 Å². The molecule has 0 unspecified atom stereocenters. The van der Waals surface area contributed by atoms with Crippen LogP contribution < -0.4 is 10.1 Å². The molecule has 3 aliphatic carbocycles. The third-order valence-corrected chi connectivity index (χ3v) is 9.59. The topological polar surface area (TPSA) is 51.2 Å². The van der Waals surface area contributed by atoms with Gasteiger partial charge in [0.1, 0.15) is 0 Å². The van der Waals surface area contributed by atoms with Crippen molar-refractivity contribution in [2.45, 2.75) is 71.3 Å². The van der Waals surface area contributed by atoms with Gasteiger partial charge >= 0.3 is 0 Å². The number of nitrogens with one attached hydrogen (secondary N) is 1. The fourth-order valence-corrected chi connectivity index (χ4v) is 8.14. The van der Waals surface area contributed by atoms with Gasteiger partial charge in [-0.1, -0.05) is 19.9 Å². The summed E-state index contributed by atoms with van der Waals surface area (Å²) in [5, 5.41) is 4.06. The fraction of sp³-hybridized carbons (Fsp3) is 0.708. The average molecular weight is 413 g/mol. The average Bonchev–Trinajstić information content (AvgIpc) is 3.06. The number of hydrogen-bond donors (Lipinski definition) is 1. The highest BCUT2D eigenvalue weighted by atomic mass is 32.1. The highest BCUT2D eigenvalue weighted by Crippen LogP contribution is 2.65. The predicted molar refractivity (Wildman–Crippen MR) is 117 cm³/mol. The van der Waals surface area contributed by atoms with Crippen LogP contribution >= 0.6 is 12.2 Å². The van der Waals surface area contributed by atoms with Gasteiger partial charge in [0.15, 0.2) is 5.05 Å². The Balaban J connectivity index is 1.36. The van der Waals surface area contributed by atoms with Crippen LogP contribution in [0.2, 0.25) is 0 Å². The number of amides is 1. The molecule has 1 aromatic heterocycles. The van der Waals surface area contributed by atoms with Crippen molar-refractivity contribution in [2.75, 3.05) is 0 Å². The lowest BCUT2D eigenvalue weighted by molar-refractivity contribution is -0.136. The van der Waals surface area contributed by atoms with Gasteiger partial charge in [0.2, 0.25) is 11.8 Å². The Morgan fingerprint density at radius 2 is 1.93 bits per heavy atom. The Morgan fingerprint density at radius 1 is 1.10 bits per heavy atom. The van der Waals surface area contributed by atoms with Gasteiger partial charge in [-0.3, -0.25) is 4.79 Å². The zero-order valence-electron chi connectivity index (χ0n) is 17.5. The van der Waals surface area contributed by atoms with Crippen molar-refractivity contribution in [1.29, 1.82) is 0 Å². The lowest BCUT2D eigenvalue weighted by Gasteiger charge is -2.60. The highest BCUT2D eigenvalue weighted by Gasteiger charge is 2.61. The van der Waals surface area contributed by atoms with Crippen LogP contribution in [0.15, 0.2) is 24.4 Å². The van der Waals surface area contributed by atoms with Crippen LogP contribution in [0.3, 0.4) is 0 Å². The van der Waals surface area contributed by atoms with Crippen LogP contribution in [0.4, 0.5) is 0 Å². The number of rotatable bonds is 2. The molecule has 4 aliphatic rings. The minimum Gasteiger partial charge on any atom is -0.432 e. The van der Waals surface area contributed by atoms with Crippen molar-refractivity contribution in [3.05, 3.63) is 24.4 Å². The van der Waals surface area contributed by atoms with Crippen molar-refractivity contribution in [3.63, 3.8) is 0 Å². The van der Waals surface area contributed by atoms with E-state index in [1.54, 1.807) is 6.20 Å². The maximum atomic E-state index is 12.0. The normalized spacial score (nSPS) is 43.5. The third kappa shape index (κ3) is 3.03. The number of hydrogen-bond acceptors (Lipinski definition) is 4. The molecule has 7 atom stereocenters. The van der Waals surface area contributed by atoms with Gasteiger partial charge in [0.05, 0.1) is 0 Å². The molecular weight excluding hydrogens is 380 g/mol. The summed E-state index contributed by atoms with van der Waals surface area (Å²) in [6.07, 6.45) is 10.7. The molecule has 0 aromatic carbocycles. The summed E-state index contributed by atoms with van der Waals surface area (Å²) in [5.41, 5.74) is 0.495. The Hall–Kier alpha value is -1.49. The summed E-state index contributed by atoms with van der Waals surface area (Å²) in [4.78, 5) is 16.3. The molecule has 5 rings (SSSR count). The molecule has 1 N–H and O–H groups in total. The monoisotopic (exact) mass is 412 g/mol. The maximum Gasteiger partial charge on any atom is 0.220 e. The van der Waals surface area contributed by atoms with Gasteiger partial charge in [-0.2, -0.15) is 0 Å². The van der Waals surface area contributed by atoms with E-state index in [1.807, 2.05) is 18.2 Å². The van der Waals surface area contributed by atoms with E-state index >= 15 is 0 Å². The molecule has 29 heavy (non-hydrogen) atoms. The van der Waals surface area contributed by atoms with Crippen LogP contribution in [-0.4, -0.2) is 22.0 Å². The molecule has 4 fully saturated rings. The van der Waals surface area contributed by atoms with E-state index in [0.29, 0.717) is 30.2 Å². The Bertz CT molecular complexity index is 814. The third-order valence-electron chi connectivity index (χ3n) is 9.22. The summed E-state index contributed by atoms with van der Waals surface area (Å²) in [5.74, 6) is 3.40. The molecular formula is C24H32N2O2S. The second-order valence-electron chi connectivity index (χ2n) is 10.3. The molecule has 0 bridgehead atoms. The predicted octanol–water partition coefficient (Wildman–Crippen LogP) is 4.93. The molecule has 0 spiro atoms. The zero-order chi connectivity index (χ0) is 20.2. The summed E-state index contributed by atoms with van der Waals surface area (Å²) in [7, 11) is 0. The number of fused-ring (bicyclic) bond motifs is 5. The maximum absolute atomic E-state index is 12.0. The van der Waals surface area contributed by atoms with Gasteiger partial charge < -0.3 is 10.1 Å². The number of aromatic nitrogens is 1. The van der Waals surface area contributed by atoms with Gasteiger partial charge in [0, 0.05) is 30.6 Å². The number of piperidine rings is 1. The van der Waals surface area contributed by atoms with Crippen LogP contribution in [0.1, 0.15) is 65.2 Å². The zero-order valence-corrected chi connectivity index (χ0v) is 18.3. The molecule has 0 radical (unpaired) electrons. The number of ether oxygens (including phenoxy) is 1. The molecule has 1 aliphatic heterocycles. The molecule has 5 heteroatoms. The van der Waals surface area contributed by atoms with Crippen molar-refractivity contribution < 1.29 is 9.53 Å². The molecule has 4 nitrogen and oxygen atoms in total. The van der Waals surface area contributed by atoms with E-state index in [-0.39, 0.29) is 16.7 Å². The lowest BCUT2D eigenvalue weighted by Crippen LogP contribution is -2.61. The van der Waals surface area contributed by atoms with E-state index in [4.69, 9.17) is 17.0 Å². The van der Waals surface area contributed by atoms with Crippen LogP contribution in [0.25, 0.3) is 0 Å². The number of carbonyl (C=O) groups is 1. The summed E-state index contributed by atoms with van der Waals surface area (Å²) < 4.78 is 6.04. The summed E-state index contributed by atoms with van der Waals surface area (Å²) in [6.45, 7) is 4.93. The van der Waals surface area contributed by atoms with E-state index in [9.17, 15) is 4.79 Å². The number of pyridine rings is 1. The molecule has 1 saturated heterocycles. The van der Waals surface area contributed by atoms with Crippen LogP contribution in [0.5, 0.6) is 5.88 Å². The summed E-state index contributed by atoms with van der Waals surface area (Å²) in [6, 6.07) is 6.10. The SMILES string of the molecule is C[C@]12CCC(=O)N[C@@H]1CC[C@@H]1[C@@H]2CC[C@]2(C)[C@@H](C(=S)Oc3ccccn3)CC[C@@H]12. The first-order valence-electron chi connectivity index (χ1n) is 11.3. The Kier molecular flexibility index (Phi) is 4.73. The van der Waals surface area contributed by atoms with E-state index < -0.39 is 0 Å². The largest absolute Gasteiger partial charge is 0.432 e. The Morgan fingerprint density at radius 3 is 2.72 bits per heavy atom. The van der Waals surface area contributed by atoms with Gasteiger partial charge in [-0.25, -0.2) is 4.98 Å². The van der Waals surface area contributed by atoms with Crippen LogP contribution in [0, 0.1) is 34.5 Å². The lowest BCUT2D eigenvalue weighted by atomic mass is 9.47.